The van der Waals surface area contributed by atoms with Gasteiger partial charge in [0.2, 0.25) is 5.91 Å². The molecular weight excluding hydrogens is 474 g/mol. The number of rotatable bonds is 4. The third kappa shape index (κ3) is 4.00. The number of fused-ring (bicyclic) bond motifs is 2. The highest BCUT2D eigenvalue weighted by Gasteiger charge is 2.29. The van der Waals surface area contributed by atoms with Gasteiger partial charge in [0, 0.05) is 42.2 Å². The highest BCUT2D eigenvalue weighted by Crippen LogP contribution is 2.40. The van der Waals surface area contributed by atoms with Crippen molar-refractivity contribution in [3.63, 3.8) is 0 Å². The molecule has 36 heavy (non-hydrogen) atoms. The van der Waals surface area contributed by atoms with Crippen LogP contribution in [0.25, 0.3) is 22.0 Å². The highest BCUT2D eigenvalue weighted by molar-refractivity contribution is 6.08. The summed E-state index contributed by atoms with van der Waals surface area (Å²) in [7, 11) is 3.44. The summed E-state index contributed by atoms with van der Waals surface area (Å²) in [5.74, 6) is -4.82. The van der Waals surface area contributed by atoms with Crippen molar-refractivity contribution in [1.82, 2.24) is 4.98 Å². The van der Waals surface area contributed by atoms with E-state index in [1.807, 2.05) is 24.3 Å². The van der Waals surface area contributed by atoms with Crippen LogP contribution in [0.15, 0.2) is 54.7 Å². The lowest BCUT2D eigenvalue weighted by atomic mass is 9.92. The van der Waals surface area contributed by atoms with Crippen LogP contribution in [0.3, 0.4) is 0 Å². The van der Waals surface area contributed by atoms with Crippen molar-refractivity contribution in [2.24, 2.45) is 0 Å². The maximum Gasteiger partial charge on any atom is 0.232 e. The van der Waals surface area contributed by atoms with E-state index in [2.05, 4.69) is 10.3 Å². The maximum atomic E-state index is 14.9. The number of anilines is 2. The monoisotopic (exact) mass is 495 g/mol. The van der Waals surface area contributed by atoms with Gasteiger partial charge in [-0.2, -0.15) is 0 Å². The minimum atomic E-state index is -1.44. The van der Waals surface area contributed by atoms with Gasteiger partial charge < -0.3 is 15.0 Å². The first-order valence-electron chi connectivity index (χ1n) is 11.2. The summed E-state index contributed by atoms with van der Waals surface area (Å²) in [5, 5.41) is 3.28. The Morgan fingerprint density at radius 1 is 1.06 bits per heavy atom. The summed E-state index contributed by atoms with van der Waals surface area (Å²) in [6, 6.07) is 10.9. The van der Waals surface area contributed by atoms with Gasteiger partial charge >= 0.3 is 0 Å². The number of benzene rings is 3. The Morgan fingerprint density at radius 2 is 1.83 bits per heavy atom. The minimum Gasteiger partial charge on any atom is -0.493 e. The molecule has 5 nitrogen and oxygen atoms in total. The first-order chi connectivity index (χ1) is 17.3. The predicted molar refractivity (Wildman–Crippen MR) is 129 cm³/mol. The van der Waals surface area contributed by atoms with Gasteiger partial charge in [-0.1, -0.05) is 18.2 Å². The molecular formula is C27H21F4N3O2. The third-order valence-corrected chi connectivity index (χ3v) is 6.20. The number of ether oxygens (including phenoxy) is 1. The summed E-state index contributed by atoms with van der Waals surface area (Å²) in [5.41, 5.74) is 0.648. The van der Waals surface area contributed by atoms with E-state index in [-0.39, 0.29) is 17.0 Å². The van der Waals surface area contributed by atoms with Crippen molar-refractivity contribution < 1.29 is 27.1 Å². The molecule has 1 atom stereocenters. The zero-order valence-corrected chi connectivity index (χ0v) is 19.4. The lowest BCUT2D eigenvalue weighted by Crippen LogP contribution is -2.27. The van der Waals surface area contributed by atoms with Gasteiger partial charge in [-0.3, -0.25) is 9.78 Å². The number of hydrogen-bond donors (Lipinski definition) is 1. The lowest BCUT2D eigenvalue weighted by Gasteiger charge is -2.26. The summed E-state index contributed by atoms with van der Waals surface area (Å²) in [6.45, 7) is 0.393. The van der Waals surface area contributed by atoms with Gasteiger partial charge in [0.25, 0.3) is 0 Å². The Labute approximate surface area is 204 Å². The zero-order valence-electron chi connectivity index (χ0n) is 19.4. The Balaban J connectivity index is 1.62. The first-order valence-corrected chi connectivity index (χ1v) is 11.2. The van der Waals surface area contributed by atoms with Gasteiger partial charge in [0.05, 0.1) is 35.6 Å². The smallest absolute Gasteiger partial charge is 0.232 e. The molecule has 0 bridgehead atoms. The molecule has 9 heteroatoms. The fourth-order valence-corrected chi connectivity index (χ4v) is 4.63. The van der Waals surface area contributed by atoms with E-state index in [0.717, 1.165) is 17.7 Å². The molecule has 0 aliphatic carbocycles. The Kier molecular flexibility index (Phi) is 5.99. The van der Waals surface area contributed by atoms with Crippen LogP contribution in [0, 0.1) is 23.3 Å². The number of aromatic nitrogens is 1. The number of hydrogen-bond acceptors (Lipinski definition) is 4. The van der Waals surface area contributed by atoms with Crippen LogP contribution in [0.1, 0.15) is 17.9 Å². The molecule has 1 N–H and O–H groups in total. The fourth-order valence-electron chi connectivity index (χ4n) is 4.63. The second-order valence-electron chi connectivity index (χ2n) is 8.70. The highest BCUT2D eigenvalue weighted by atomic mass is 19.2. The summed E-state index contributed by atoms with van der Waals surface area (Å²) in [4.78, 5) is 19.3. The van der Waals surface area contributed by atoms with Crippen LogP contribution < -0.4 is 15.0 Å². The van der Waals surface area contributed by atoms with Gasteiger partial charge in [-0.05, 0) is 30.7 Å². The van der Waals surface area contributed by atoms with E-state index in [1.54, 1.807) is 19.0 Å². The summed E-state index contributed by atoms with van der Waals surface area (Å²) >= 11 is 0. The number of carbonyl (C=O) groups excluding carboxylic acids is 1. The fraction of sp³-hybridized carbons (Fsp3) is 0.185. The molecule has 0 radical (unpaired) electrons. The summed E-state index contributed by atoms with van der Waals surface area (Å²) < 4.78 is 63.0. The topological polar surface area (TPSA) is 54.5 Å². The molecule has 184 valence electrons. The Morgan fingerprint density at radius 3 is 2.61 bits per heavy atom. The lowest BCUT2D eigenvalue weighted by molar-refractivity contribution is -0.118. The molecule has 0 unspecified atom stereocenters. The van der Waals surface area contributed by atoms with Gasteiger partial charge in [0.1, 0.15) is 17.4 Å². The van der Waals surface area contributed by atoms with E-state index in [0.29, 0.717) is 41.6 Å². The molecule has 3 aromatic carbocycles. The standard InChI is InChI=1S/C27H21F4N3O2/c1-34(2)26-17-7-8-19(29)23(18-11-14(28)12-20(30)24(18)31)25(17)32-13-21(26)33-27(35)16-9-10-36-22-6-4-3-5-15(16)22/h3-8,11-13,16H,9-10H2,1-2H3,(H,33,35)/t16-/m0/s1. The van der Waals surface area contributed by atoms with E-state index in [4.69, 9.17) is 4.74 Å². The number of halogens is 4. The predicted octanol–water partition coefficient (Wildman–Crippen LogP) is 6.03. The van der Waals surface area contributed by atoms with Crippen molar-refractivity contribution in [2.45, 2.75) is 12.3 Å². The van der Waals surface area contributed by atoms with E-state index < -0.39 is 34.8 Å². The van der Waals surface area contributed by atoms with Crippen molar-refractivity contribution in [1.29, 1.82) is 0 Å². The van der Waals surface area contributed by atoms with Crippen molar-refractivity contribution in [3.05, 3.63) is 83.6 Å². The molecule has 1 aliphatic rings. The van der Waals surface area contributed by atoms with E-state index in [9.17, 15) is 22.4 Å². The van der Waals surface area contributed by atoms with Crippen LogP contribution >= 0.6 is 0 Å². The van der Waals surface area contributed by atoms with E-state index in [1.165, 1.54) is 12.3 Å². The zero-order chi connectivity index (χ0) is 25.6. The molecule has 0 spiro atoms. The largest absolute Gasteiger partial charge is 0.493 e. The van der Waals surface area contributed by atoms with Crippen LogP contribution in [0.2, 0.25) is 0 Å². The van der Waals surface area contributed by atoms with Crippen molar-refractivity contribution >= 4 is 28.2 Å². The quantitative estimate of drug-likeness (QED) is 0.278. The third-order valence-electron chi connectivity index (χ3n) is 6.20. The van der Waals surface area contributed by atoms with Gasteiger partial charge in [0.15, 0.2) is 11.6 Å². The number of pyridine rings is 1. The maximum absolute atomic E-state index is 14.9. The number of carbonyl (C=O) groups is 1. The van der Waals surface area contributed by atoms with Gasteiger partial charge in [-0.15, -0.1) is 0 Å². The van der Waals surface area contributed by atoms with Crippen molar-refractivity contribution in [3.8, 4) is 16.9 Å². The van der Waals surface area contributed by atoms with Gasteiger partial charge in [-0.25, -0.2) is 17.6 Å². The number of nitrogens with zero attached hydrogens (tertiary/aromatic N) is 2. The SMILES string of the molecule is CN(C)c1c(NC(=O)[C@H]2CCOc3ccccc32)cnc2c(-c3cc(F)cc(F)c3F)c(F)ccc12. The first kappa shape index (κ1) is 23.6. The van der Waals surface area contributed by atoms with Crippen LogP contribution in [0.4, 0.5) is 28.9 Å². The number of nitrogens with one attached hydrogen (secondary N) is 1. The van der Waals surface area contributed by atoms with Crippen LogP contribution in [-0.4, -0.2) is 31.6 Å². The molecule has 4 aromatic rings. The van der Waals surface area contributed by atoms with E-state index >= 15 is 0 Å². The summed E-state index contributed by atoms with van der Waals surface area (Å²) in [6.07, 6.45) is 1.82. The average Bonchev–Trinajstić information content (AvgIpc) is 2.85. The molecule has 1 aromatic heterocycles. The Hall–Kier alpha value is -4.14. The second-order valence-corrected chi connectivity index (χ2v) is 8.70. The van der Waals surface area contributed by atoms with Crippen LogP contribution in [0.5, 0.6) is 5.75 Å². The number of amides is 1. The molecule has 0 fully saturated rings. The molecule has 2 heterocycles. The molecule has 0 saturated carbocycles. The van der Waals surface area contributed by atoms with Crippen LogP contribution in [-0.2, 0) is 4.79 Å². The Bertz CT molecular complexity index is 1510. The second kappa shape index (κ2) is 9.14. The minimum absolute atomic E-state index is 0.00277. The average molecular weight is 495 g/mol. The molecule has 5 rings (SSSR count). The molecule has 1 amide bonds. The molecule has 1 aliphatic heterocycles. The number of para-hydroxylation sites is 1. The van der Waals surface area contributed by atoms with Crippen molar-refractivity contribution in [2.75, 3.05) is 30.9 Å². The molecule has 0 saturated heterocycles. The normalized spacial score (nSPS) is 14.8.